The fourth-order valence-corrected chi connectivity index (χ4v) is 1.40. The van der Waals surface area contributed by atoms with Gasteiger partial charge in [0.25, 0.3) is 5.91 Å². The lowest BCUT2D eigenvalue weighted by molar-refractivity contribution is -0.131. The number of likely N-dealkylation sites (N-methyl/N-ethyl adjacent to an activating group) is 1. The van der Waals surface area contributed by atoms with Crippen molar-refractivity contribution < 1.29 is 9.53 Å². The number of hydrogen-bond acceptors (Lipinski definition) is 4. The molecule has 5 heteroatoms. The monoisotopic (exact) mass is 231 g/mol. The highest BCUT2D eigenvalue weighted by atomic mass is 16.5. The van der Waals surface area contributed by atoms with E-state index in [-0.39, 0.29) is 18.5 Å². The van der Waals surface area contributed by atoms with Gasteiger partial charge in [0.05, 0.1) is 0 Å². The molecule has 0 fully saturated rings. The minimum Gasteiger partial charge on any atom is -0.370 e. The molecule has 16 heavy (non-hydrogen) atoms. The number of rotatable bonds is 7. The van der Waals surface area contributed by atoms with E-state index in [4.69, 9.17) is 10.5 Å². The van der Waals surface area contributed by atoms with Crippen molar-refractivity contribution in [3.63, 3.8) is 0 Å². The van der Waals surface area contributed by atoms with E-state index in [1.54, 1.807) is 0 Å². The number of ether oxygens (including phenoxy) is 1. The highest BCUT2D eigenvalue weighted by Gasteiger charge is 2.22. The molecule has 0 radical (unpaired) electrons. The topological polar surface area (TPSA) is 67.6 Å². The van der Waals surface area contributed by atoms with E-state index in [1.165, 1.54) is 7.11 Å². The van der Waals surface area contributed by atoms with Gasteiger partial charge in [0.1, 0.15) is 6.10 Å². The summed E-state index contributed by atoms with van der Waals surface area (Å²) in [5.41, 5.74) is 5.44. The largest absolute Gasteiger partial charge is 0.370 e. The van der Waals surface area contributed by atoms with Crippen LogP contribution in [-0.2, 0) is 9.53 Å². The number of nitrogens with one attached hydrogen (secondary N) is 1. The number of amides is 1. The van der Waals surface area contributed by atoms with Gasteiger partial charge in [-0.1, -0.05) is 13.8 Å². The second-order valence-corrected chi connectivity index (χ2v) is 4.58. The first-order chi connectivity index (χ1) is 7.42. The molecule has 0 bridgehead atoms. The minimum absolute atomic E-state index is 0.117. The van der Waals surface area contributed by atoms with E-state index in [0.29, 0.717) is 5.92 Å². The second-order valence-electron chi connectivity index (χ2n) is 4.58. The van der Waals surface area contributed by atoms with E-state index < -0.39 is 6.10 Å². The van der Waals surface area contributed by atoms with Crippen LogP contribution in [0.5, 0.6) is 0 Å². The van der Waals surface area contributed by atoms with Gasteiger partial charge in [-0.3, -0.25) is 4.79 Å². The van der Waals surface area contributed by atoms with Crippen LogP contribution in [-0.4, -0.2) is 57.2 Å². The molecule has 0 spiro atoms. The fraction of sp³-hybridized carbons (Fsp3) is 0.909. The van der Waals surface area contributed by atoms with Crippen molar-refractivity contribution in [2.75, 3.05) is 34.3 Å². The molecule has 5 nitrogen and oxygen atoms in total. The molecule has 2 atom stereocenters. The molecule has 1 amide bonds. The standard InChI is InChI=1S/C11H25N3O2/c1-8(2)9(7-14(3)4)13-11(15)10(6-12)16-5/h8-10H,6-7,12H2,1-5H3,(H,13,15). The Labute approximate surface area is 98.3 Å². The van der Waals surface area contributed by atoms with Gasteiger partial charge in [-0.2, -0.15) is 0 Å². The Kier molecular flexibility index (Phi) is 7.29. The van der Waals surface area contributed by atoms with E-state index >= 15 is 0 Å². The summed E-state index contributed by atoms with van der Waals surface area (Å²) in [6.45, 7) is 5.18. The van der Waals surface area contributed by atoms with Crippen LogP contribution in [0.3, 0.4) is 0 Å². The molecule has 2 unspecified atom stereocenters. The van der Waals surface area contributed by atoms with Crippen molar-refractivity contribution in [1.82, 2.24) is 10.2 Å². The van der Waals surface area contributed by atoms with Gasteiger partial charge in [0.2, 0.25) is 0 Å². The van der Waals surface area contributed by atoms with E-state index in [0.717, 1.165) is 6.54 Å². The first kappa shape index (κ1) is 15.3. The molecule has 3 N–H and O–H groups in total. The van der Waals surface area contributed by atoms with Gasteiger partial charge in [-0.25, -0.2) is 0 Å². The molecular formula is C11H25N3O2. The van der Waals surface area contributed by atoms with E-state index in [9.17, 15) is 4.79 Å². The van der Waals surface area contributed by atoms with Crippen LogP contribution >= 0.6 is 0 Å². The maximum atomic E-state index is 11.8. The predicted molar refractivity (Wildman–Crippen MR) is 65.2 cm³/mol. The van der Waals surface area contributed by atoms with Crippen molar-refractivity contribution in [3.05, 3.63) is 0 Å². The van der Waals surface area contributed by atoms with Crippen LogP contribution in [0, 0.1) is 5.92 Å². The van der Waals surface area contributed by atoms with Crippen LogP contribution in [0.1, 0.15) is 13.8 Å². The molecule has 0 saturated carbocycles. The zero-order valence-electron chi connectivity index (χ0n) is 11.0. The molecule has 0 heterocycles. The molecular weight excluding hydrogens is 206 g/mol. The van der Waals surface area contributed by atoms with Crippen LogP contribution in [0.4, 0.5) is 0 Å². The summed E-state index contributed by atoms with van der Waals surface area (Å²) in [6, 6.07) is 0.117. The lowest BCUT2D eigenvalue weighted by Crippen LogP contribution is -2.50. The normalized spacial score (nSPS) is 15.2. The molecule has 0 aliphatic rings. The second kappa shape index (κ2) is 7.60. The zero-order chi connectivity index (χ0) is 12.7. The van der Waals surface area contributed by atoms with Gasteiger partial charge in [-0.05, 0) is 20.0 Å². The Morgan fingerprint density at radius 2 is 2.00 bits per heavy atom. The lowest BCUT2D eigenvalue weighted by atomic mass is 10.0. The van der Waals surface area contributed by atoms with Gasteiger partial charge < -0.3 is 20.7 Å². The maximum Gasteiger partial charge on any atom is 0.250 e. The Balaban J connectivity index is 4.33. The molecule has 96 valence electrons. The SMILES string of the molecule is COC(CN)C(=O)NC(CN(C)C)C(C)C. The Hall–Kier alpha value is -0.650. The summed E-state index contributed by atoms with van der Waals surface area (Å²) in [5.74, 6) is 0.243. The lowest BCUT2D eigenvalue weighted by Gasteiger charge is -2.27. The number of nitrogens with two attached hydrogens (primary N) is 1. The third-order valence-electron chi connectivity index (χ3n) is 2.49. The molecule has 0 aliphatic carbocycles. The molecule has 0 aromatic heterocycles. The summed E-state index contributed by atoms with van der Waals surface area (Å²) < 4.78 is 5.00. The summed E-state index contributed by atoms with van der Waals surface area (Å²) in [7, 11) is 5.46. The van der Waals surface area contributed by atoms with Crippen molar-refractivity contribution in [1.29, 1.82) is 0 Å². The fourth-order valence-electron chi connectivity index (χ4n) is 1.40. The third-order valence-corrected chi connectivity index (χ3v) is 2.49. The smallest absolute Gasteiger partial charge is 0.250 e. The molecule has 0 aromatic rings. The average Bonchev–Trinajstić information content (AvgIpc) is 2.17. The van der Waals surface area contributed by atoms with E-state index in [1.807, 2.05) is 14.1 Å². The zero-order valence-corrected chi connectivity index (χ0v) is 11.0. The van der Waals surface area contributed by atoms with Crippen LogP contribution in [0.25, 0.3) is 0 Å². The predicted octanol–water partition coefficient (Wildman–Crippen LogP) is -0.337. The summed E-state index contributed by atoms with van der Waals surface area (Å²) >= 11 is 0. The van der Waals surface area contributed by atoms with Crippen molar-refractivity contribution >= 4 is 5.91 Å². The number of hydrogen-bond donors (Lipinski definition) is 2. The number of carbonyl (C=O) groups is 1. The van der Waals surface area contributed by atoms with Crippen LogP contribution < -0.4 is 11.1 Å². The van der Waals surface area contributed by atoms with Gasteiger partial charge in [0, 0.05) is 26.2 Å². The summed E-state index contributed by atoms with van der Waals surface area (Å²) in [6.07, 6.45) is -0.552. The summed E-state index contributed by atoms with van der Waals surface area (Å²) in [5, 5.41) is 2.96. The third kappa shape index (κ3) is 5.44. The first-order valence-electron chi connectivity index (χ1n) is 5.60. The minimum atomic E-state index is -0.552. The Morgan fingerprint density at radius 3 is 2.31 bits per heavy atom. The Morgan fingerprint density at radius 1 is 1.44 bits per heavy atom. The molecule has 0 aliphatic heterocycles. The van der Waals surface area contributed by atoms with E-state index in [2.05, 4.69) is 24.1 Å². The number of nitrogens with zero attached hydrogens (tertiary/aromatic N) is 1. The van der Waals surface area contributed by atoms with Gasteiger partial charge in [-0.15, -0.1) is 0 Å². The van der Waals surface area contributed by atoms with Crippen LogP contribution in [0.2, 0.25) is 0 Å². The highest BCUT2D eigenvalue weighted by Crippen LogP contribution is 2.03. The van der Waals surface area contributed by atoms with Crippen molar-refractivity contribution in [2.24, 2.45) is 11.7 Å². The van der Waals surface area contributed by atoms with Gasteiger partial charge in [0.15, 0.2) is 0 Å². The van der Waals surface area contributed by atoms with Crippen LogP contribution in [0.15, 0.2) is 0 Å². The molecule has 0 rings (SSSR count). The van der Waals surface area contributed by atoms with Crippen molar-refractivity contribution in [3.8, 4) is 0 Å². The maximum absolute atomic E-state index is 11.8. The quantitative estimate of drug-likeness (QED) is 0.629. The average molecular weight is 231 g/mol. The summed E-state index contributed by atoms with van der Waals surface area (Å²) in [4.78, 5) is 13.8. The number of methoxy groups -OCH3 is 1. The molecule has 0 aromatic carbocycles. The van der Waals surface area contributed by atoms with Crippen molar-refractivity contribution in [2.45, 2.75) is 26.0 Å². The Bertz CT molecular complexity index is 203. The first-order valence-corrected chi connectivity index (χ1v) is 5.60. The van der Waals surface area contributed by atoms with Gasteiger partial charge >= 0.3 is 0 Å². The number of carbonyl (C=O) groups excluding carboxylic acids is 1. The molecule has 0 saturated heterocycles. The highest BCUT2D eigenvalue weighted by molar-refractivity contribution is 5.81.